The molecule has 0 unspecified atom stereocenters. The van der Waals surface area contributed by atoms with Gasteiger partial charge in [0.05, 0.1) is 0 Å². The predicted octanol–water partition coefficient (Wildman–Crippen LogP) is 12.3. The molecule has 0 N–H and O–H groups in total. The van der Waals surface area contributed by atoms with E-state index in [2.05, 4.69) is 154 Å². The van der Waals surface area contributed by atoms with Crippen LogP contribution in [0.4, 0.5) is 17.1 Å². The molecule has 0 atom stereocenters. The first-order chi connectivity index (χ1) is 19.7. The number of anilines is 3. The van der Waals surface area contributed by atoms with Crippen LogP contribution in [-0.2, 0) is 0 Å². The molecule has 0 radical (unpaired) electrons. The minimum atomic E-state index is 1.12. The third-order valence-electron chi connectivity index (χ3n) is 7.53. The maximum Gasteiger partial charge on any atom is 0.0499 e. The maximum absolute atomic E-state index is 3.93. The first-order valence-corrected chi connectivity index (χ1v) is 15.6. The van der Waals surface area contributed by atoms with Crippen molar-refractivity contribution in [1.29, 1.82) is 0 Å². The molecule has 1 nitrogen and oxygen atoms in total. The van der Waals surface area contributed by atoms with Crippen LogP contribution in [0.15, 0.2) is 138 Å². The van der Waals surface area contributed by atoms with E-state index in [-0.39, 0.29) is 0 Å². The summed E-state index contributed by atoms with van der Waals surface area (Å²) in [4.78, 5) is 2.39. The van der Waals surface area contributed by atoms with Crippen molar-refractivity contribution in [2.24, 2.45) is 0 Å². The Hall–Kier alpha value is -3.96. The summed E-state index contributed by atoms with van der Waals surface area (Å²) in [7, 11) is 0. The Morgan fingerprint density at radius 1 is 0.425 bits per heavy atom. The average molecular weight is 613 g/mol. The van der Waals surface area contributed by atoms with E-state index in [4.69, 9.17) is 0 Å². The number of rotatable bonds is 4. The lowest BCUT2D eigenvalue weighted by Crippen LogP contribution is -2.10. The van der Waals surface area contributed by atoms with Crippen LogP contribution in [0, 0.1) is 0 Å². The van der Waals surface area contributed by atoms with Gasteiger partial charge in [0.2, 0.25) is 0 Å². The summed E-state index contributed by atoms with van der Waals surface area (Å²) in [6, 6.07) is 48.4. The van der Waals surface area contributed by atoms with Crippen LogP contribution >= 0.6 is 38.6 Å². The molecule has 2 aromatic heterocycles. The van der Waals surface area contributed by atoms with Crippen molar-refractivity contribution in [2.45, 2.75) is 0 Å². The molecule has 0 aliphatic carbocycles. The van der Waals surface area contributed by atoms with Gasteiger partial charge in [-0.05, 0) is 81.7 Å². The van der Waals surface area contributed by atoms with Crippen molar-refractivity contribution in [2.75, 3.05) is 4.90 Å². The highest BCUT2D eigenvalue weighted by atomic mass is 79.9. The van der Waals surface area contributed by atoms with Crippen LogP contribution in [0.25, 0.3) is 51.5 Å². The molecule has 8 rings (SSSR count). The second-order valence-electron chi connectivity index (χ2n) is 9.93. The van der Waals surface area contributed by atoms with Gasteiger partial charge in [-0.2, -0.15) is 0 Å². The molecule has 8 aromatic rings. The second-order valence-corrected chi connectivity index (χ2v) is 12.9. The van der Waals surface area contributed by atoms with Crippen LogP contribution in [0.2, 0.25) is 0 Å². The Kier molecular flexibility index (Phi) is 5.73. The van der Waals surface area contributed by atoms with Crippen LogP contribution in [0.5, 0.6) is 0 Å². The molecule has 0 aliphatic heterocycles. The Morgan fingerprint density at radius 3 is 1.77 bits per heavy atom. The number of hydrogen-bond acceptors (Lipinski definition) is 3. The summed E-state index contributed by atoms with van der Waals surface area (Å²) in [5.74, 6) is 0. The highest BCUT2D eigenvalue weighted by molar-refractivity contribution is 9.10. The van der Waals surface area contributed by atoms with Crippen LogP contribution in [0.1, 0.15) is 0 Å². The van der Waals surface area contributed by atoms with E-state index in [0.717, 1.165) is 21.5 Å². The lowest BCUT2D eigenvalue weighted by molar-refractivity contribution is 1.29. The van der Waals surface area contributed by atoms with Crippen LogP contribution in [-0.4, -0.2) is 0 Å². The monoisotopic (exact) mass is 611 g/mol. The molecule has 0 fully saturated rings. The zero-order valence-electron chi connectivity index (χ0n) is 21.3. The van der Waals surface area contributed by atoms with E-state index in [9.17, 15) is 0 Å². The summed E-state index contributed by atoms with van der Waals surface area (Å²) < 4.78 is 6.34. The van der Waals surface area contributed by atoms with E-state index in [1.54, 1.807) is 0 Å². The first-order valence-electron chi connectivity index (χ1n) is 13.2. The molecule has 4 heteroatoms. The number of nitrogens with zero attached hydrogens (tertiary/aromatic N) is 1. The van der Waals surface area contributed by atoms with Crippen LogP contribution < -0.4 is 4.90 Å². The van der Waals surface area contributed by atoms with Crippen LogP contribution in [0.3, 0.4) is 0 Å². The number of thiophene rings is 2. The van der Waals surface area contributed by atoms with Crippen molar-refractivity contribution in [3.05, 3.63) is 138 Å². The van der Waals surface area contributed by atoms with Crippen molar-refractivity contribution in [3.8, 4) is 11.1 Å². The Balaban J connectivity index is 1.35. The van der Waals surface area contributed by atoms with Crippen molar-refractivity contribution >= 4 is 96.0 Å². The highest BCUT2D eigenvalue weighted by Gasteiger charge is 2.18. The van der Waals surface area contributed by atoms with Gasteiger partial charge in [-0.25, -0.2) is 0 Å². The van der Waals surface area contributed by atoms with E-state index < -0.39 is 0 Å². The molecule has 0 spiro atoms. The van der Waals surface area contributed by atoms with Gasteiger partial charge in [0.1, 0.15) is 0 Å². The largest absolute Gasteiger partial charge is 0.310 e. The zero-order valence-corrected chi connectivity index (χ0v) is 24.6. The van der Waals surface area contributed by atoms with Gasteiger partial charge in [-0.1, -0.05) is 78.9 Å². The molecule has 2 heterocycles. The van der Waals surface area contributed by atoms with E-state index >= 15 is 0 Å². The van der Waals surface area contributed by atoms with Gasteiger partial charge < -0.3 is 4.90 Å². The SMILES string of the molecule is Brc1cc(N(c2ccc(-c3ccccc3)cc2)c2ccc3sc4ccccc4c3c2)cc2c1sc1ccccc12. The van der Waals surface area contributed by atoms with Crippen molar-refractivity contribution in [3.63, 3.8) is 0 Å². The third kappa shape index (κ3) is 3.95. The molecule has 0 saturated heterocycles. The summed E-state index contributed by atoms with van der Waals surface area (Å²) in [5, 5.41) is 5.18. The fourth-order valence-corrected chi connectivity index (χ4v) is 8.50. The lowest BCUT2D eigenvalue weighted by Gasteiger charge is -2.26. The van der Waals surface area contributed by atoms with Crippen molar-refractivity contribution < 1.29 is 0 Å². The predicted molar refractivity (Wildman–Crippen MR) is 180 cm³/mol. The first kappa shape index (κ1) is 23.9. The molecule has 0 saturated carbocycles. The molecule has 190 valence electrons. The van der Waals surface area contributed by atoms with E-state index in [1.165, 1.54) is 51.5 Å². The fourth-order valence-electron chi connectivity index (χ4n) is 5.63. The Labute approximate surface area is 248 Å². The van der Waals surface area contributed by atoms with Gasteiger partial charge in [0, 0.05) is 61.9 Å². The van der Waals surface area contributed by atoms with Gasteiger partial charge in [0.25, 0.3) is 0 Å². The average Bonchev–Trinajstić information content (AvgIpc) is 3.57. The molecule has 0 bridgehead atoms. The van der Waals surface area contributed by atoms with Gasteiger partial charge in [0.15, 0.2) is 0 Å². The Morgan fingerprint density at radius 2 is 1.00 bits per heavy atom. The molecule has 0 aliphatic rings. The maximum atomic E-state index is 3.93. The number of benzene rings is 6. The third-order valence-corrected chi connectivity index (χ3v) is 10.8. The topological polar surface area (TPSA) is 3.24 Å². The smallest absolute Gasteiger partial charge is 0.0499 e. The van der Waals surface area contributed by atoms with E-state index in [1.807, 2.05) is 22.7 Å². The number of hydrogen-bond donors (Lipinski definition) is 0. The van der Waals surface area contributed by atoms with Gasteiger partial charge in [-0.15, -0.1) is 22.7 Å². The summed E-state index contributed by atoms with van der Waals surface area (Å²) in [5.41, 5.74) is 5.85. The van der Waals surface area contributed by atoms with E-state index in [0.29, 0.717) is 0 Å². The van der Waals surface area contributed by atoms with Crippen molar-refractivity contribution in [1.82, 2.24) is 0 Å². The summed E-state index contributed by atoms with van der Waals surface area (Å²) >= 11 is 7.63. The second kappa shape index (κ2) is 9.60. The normalized spacial score (nSPS) is 11.6. The van der Waals surface area contributed by atoms with Gasteiger partial charge >= 0.3 is 0 Å². The minimum Gasteiger partial charge on any atom is -0.310 e. The van der Waals surface area contributed by atoms with Gasteiger partial charge in [-0.3, -0.25) is 0 Å². The minimum absolute atomic E-state index is 1.12. The standard InChI is InChI=1S/C36H22BrNS2/c37-32-22-27(21-31-29-11-5-7-13-34(29)40-36(31)32)38(25-16-14-24(15-17-25)23-8-2-1-3-9-23)26-18-19-35-30(20-26)28-10-4-6-12-33(28)39-35/h1-22H. The zero-order chi connectivity index (χ0) is 26.6. The summed E-state index contributed by atoms with van der Waals surface area (Å²) in [6.07, 6.45) is 0. The number of halogens is 1. The molecule has 40 heavy (non-hydrogen) atoms. The molecular formula is C36H22BrNS2. The lowest BCUT2D eigenvalue weighted by atomic mass is 10.0. The molecular weight excluding hydrogens is 590 g/mol. The number of fused-ring (bicyclic) bond motifs is 6. The summed E-state index contributed by atoms with van der Waals surface area (Å²) in [6.45, 7) is 0. The fraction of sp³-hybridized carbons (Fsp3) is 0. The Bertz CT molecular complexity index is 2180. The quantitative estimate of drug-likeness (QED) is 0.191. The highest BCUT2D eigenvalue weighted by Crippen LogP contribution is 2.45. The molecule has 6 aromatic carbocycles. The molecule has 0 amide bonds.